The van der Waals surface area contributed by atoms with E-state index < -0.39 is 11.5 Å². The lowest BCUT2D eigenvalue weighted by Crippen LogP contribution is -2.28. The highest BCUT2D eigenvalue weighted by Crippen LogP contribution is 2.27. The first kappa shape index (κ1) is 19.9. The van der Waals surface area contributed by atoms with Gasteiger partial charge in [0, 0.05) is 12.1 Å². The van der Waals surface area contributed by atoms with Gasteiger partial charge >= 0.3 is 5.97 Å². The molecular formula is C21H20N4O4. The summed E-state index contributed by atoms with van der Waals surface area (Å²) in [5, 5.41) is 16.6. The summed E-state index contributed by atoms with van der Waals surface area (Å²) in [6.07, 6.45) is 1.42. The number of hydrogen-bond acceptors (Lipinski definition) is 6. The average Bonchev–Trinajstić information content (AvgIpc) is 2.70. The van der Waals surface area contributed by atoms with E-state index in [0.29, 0.717) is 29.2 Å². The number of benzene rings is 1. The number of carboxylic acids is 1. The molecule has 0 radical (unpaired) electrons. The summed E-state index contributed by atoms with van der Waals surface area (Å²) in [6, 6.07) is 10.5. The zero-order chi connectivity index (χ0) is 21.1. The molecular weight excluding hydrogens is 372 g/mol. The van der Waals surface area contributed by atoms with Gasteiger partial charge in [0.25, 0.3) is 5.56 Å². The van der Waals surface area contributed by atoms with Crippen LogP contribution in [0.25, 0.3) is 11.3 Å². The maximum absolute atomic E-state index is 12.9. The molecule has 29 heavy (non-hydrogen) atoms. The van der Waals surface area contributed by atoms with Crippen molar-refractivity contribution in [2.45, 2.75) is 27.3 Å². The monoisotopic (exact) mass is 392 g/mol. The van der Waals surface area contributed by atoms with Crippen LogP contribution in [0.3, 0.4) is 0 Å². The minimum atomic E-state index is -1.13. The number of aromatic carboxylic acids is 1. The molecule has 0 atom stereocenters. The standard InChI is InChI=1S/C21H20N4O4/c1-4-25-20(27)19(23-15-10-16(21(28)29)12(2)22-11-15)17(13(3)26)18(24-25)14-8-6-5-7-9-14/h5-11,23H,4H2,1-3H3,(H,28,29). The van der Waals surface area contributed by atoms with Gasteiger partial charge in [0.05, 0.1) is 28.7 Å². The van der Waals surface area contributed by atoms with Gasteiger partial charge in [-0.3, -0.25) is 14.6 Å². The molecule has 148 valence electrons. The normalized spacial score (nSPS) is 10.6. The molecule has 0 aliphatic rings. The van der Waals surface area contributed by atoms with Gasteiger partial charge in [0.1, 0.15) is 11.4 Å². The number of nitrogens with one attached hydrogen (secondary N) is 1. The third kappa shape index (κ3) is 3.91. The maximum atomic E-state index is 12.9. The highest BCUT2D eigenvalue weighted by atomic mass is 16.4. The van der Waals surface area contributed by atoms with Crippen LogP contribution in [0, 0.1) is 6.92 Å². The number of Topliss-reactive ketones (excluding diaryl/α,β-unsaturated/α-hetero) is 1. The first-order chi connectivity index (χ1) is 13.8. The minimum Gasteiger partial charge on any atom is -0.478 e. The molecule has 0 aliphatic carbocycles. The summed E-state index contributed by atoms with van der Waals surface area (Å²) in [6.45, 7) is 5.02. The van der Waals surface area contributed by atoms with Gasteiger partial charge in [-0.1, -0.05) is 30.3 Å². The van der Waals surface area contributed by atoms with Gasteiger partial charge in [-0.05, 0) is 26.8 Å². The second kappa shape index (κ2) is 8.05. The van der Waals surface area contributed by atoms with Crippen LogP contribution in [0.4, 0.5) is 11.4 Å². The Morgan fingerprint density at radius 3 is 2.48 bits per heavy atom. The number of hydrogen-bond donors (Lipinski definition) is 2. The van der Waals surface area contributed by atoms with Gasteiger partial charge in [-0.25, -0.2) is 9.48 Å². The second-order valence-electron chi connectivity index (χ2n) is 6.43. The van der Waals surface area contributed by atoms with Crippen molar-refractivity contribution in [1.82, 2.24) is 14.8 Å². The molecule has 3 rings (SSSR count). The van der Waals surface area contributed by atoms with Crippen molar-refractivity contribution in [2.75, 3.05) is 5.32 Å². The number of nitrogens with zero attached hydrogens (tertiary/aromatic N) is 3. The Morgan fingerprint density at radius 1 is 1.21 bits per heavy atom. The average molecular weight is 392 g/mol. The topological polar surface area (TPSA) is 114 Å². The van der Waals surface area contributed by atoms with Crippen molar-refractivity contribution in [1.29, 1.82) is 0 Å². The van der Waals surface area contributed by atoms with Crippen LogP contribution in [0.2, 0.25) is 0 Å². The molecule has 2 aromatic heterocycles. The largest absolute Gasteiger partial charge is 0.478 e. The fraction of sp³-hybridized carbons (Fsp3) is 0.190. The first-order valence-electron chi connectivity index (χ1n) is 9.02. The quantitative estimate of drug-likeness (QED) is 0.619. The lowest BCUT2D eigenvalue weighted by molar-refractivity contribution is 0.0695. The molecule has 0 unspecified atom stereocenters. The molecule has 0 bridgehead atoms. The summed E-state index contributed by atoms with van der Waals surface area (Å²) in [5.74, 6) is -1.46. The smallest absolute Gasteiger partial charge is 0.337 e. The van der Waals surface area contributed by atoms with E-state index >= 15 is 0 Å². The fourth-order valence-electron chi connectivity index (χ4n) is 3.00. The van der Waals surface area contributed by atoms with Gasteiger partial charge in [0.2, 0.25) is 0 Å². The van der Waals surface area contributed by atoms with E-state index in [0.717, 1.165) is 0 Å². The van der Waals surface area contributed by atoms with Crippen molar-refractivity contribution in [3.8, 4) is 11.3 Å². The number of carboxylic acid groups (broad SMARTS) is 1. The van der Waals surface area contributed by atoms with Crippen molar-refractivity contribution in [3.05, 3.63) is 69.8 Å². The summed E-state index contributed by atoms with van der Waals surface area (Å²) < 4.78 is 1.26. The molecule has 0 amide bonds. The van der Waals surface area contributed by atoms with E-state index in [-0.39, 0.29) is 22.6 Å². The predicted octanol–water partition coefficient (Wildman–Crippen LogP) is 3.28. The summed E-state index contributed by atoms with van der Waals surface area (Å²) in [4.78, 5) is 40.9. The van der Waals surface area contributed by atoms with E-state index in [9.17, 15) is 19.5 Å². The van der Waals surface area contributed by atoms with Crippen molar-refractivity contribution >= 4 is 23.1 Å². The van der Waals surface area contributed by atoms with E-state index in [4.69, 9.17) is 0 Å². The molecule has 3 aromatic rings. The highest BCUT2D eigenvalue weighted by Gasteiger charge is 2.22. The van der Waals surface area contributed by atoms with Crippen LogP contribution >= 0.6 is 0 Å². The molecule has 0 fully saturated rings. The Hall–Kier alpha value is -3.81. The SMILES string of the molecule is CCn1nc(-c2ccccc2)c(C(C)=O)c(Nc2cnc(C)c(C(=O)O)c2)c1=O. The van der Waals surface area contributed by atoms with Crippen molar-refractivity contribution in [3.63, 3.8) is 0 Å². The number of carbonyl (C=O) groups is 2. The number of rotatable bonds is 6. The van der Waals surface area contributed by atoms with E-state index in [1.165, 1.54) is 23.9 Å². The van der Waals surface area contributed by atoms with Crippen LogP contribution in [-0.4, -0.2) is 31.6 Å². The first-order valence-corrected chi connectivity index (χ1v) is 9.02. The maximum Gasteiger partial charge on any atom is 0.337 e. The van der Waals surface area contributed by atoms with Gasteiger partial charge in [-0.2, -0.15) is 5.10 Å². The number of aromatic nitrogens is 3. The molecule has 1 aromatic carbocycles. The van der Waals surface area contributed by atoms with Gasteiger partial charge < -0.3 is 10.4 Å². The van der Waals surface area contributed by atoms with Crippen LogP contribution < -0.4 is 10.9 Å². The molecule has 8 nitrogen and oxygen atoms in total. The van der Waals surface area contributed by atoms with Crippen LogP contribution in [0.1, 0.15) is 40.3 Å². The number of anilines is 2. The Labute approximate surface area is 166 Å². The molecule has 0 aliphatic heterocycles. The lowest BCUT2D eigenvalue weighted by atomic mass is 10.0. The third-order valence-electron chi connectivity index (χ3n) is 4.44. The Balaban J connectivity index is 2.25. The highest BCUT2D eigenvalue weighted by molar-refractivity contribution is 6.05. The molecule has 0 spiro atoms. The Morgan fingerprint density at radius 2 is 1.90 bits per heavy atom. The number of ketones is 1. The number of carbonyl (C=O) groups excluding carboxylic acids is 1. The van der Waals surface area contributed by atoms with Gasteiger partial charge in [0.15, 0.2) is 5.78 Å². The Kier molecular flexibility index (Phi) is 5.54. The zero-order valence-corrected chi connectivity index (χ0v) is 16.3. The Bertz CT molecular complexity index is 1150. The molecule has 0 saturated heterocycles. The molecule has 8 heteroatoms. The van der Waals surface area contributed by atoms with E-state index in [2.05, 4.69) is 15.4 Å². The number of pyridine rings is 1. The third-order valence-corrected chi connectivity index (χ3v) is 4.44. The van der Waals surface area contributed by atoms with Crippen LogP contribution in [-0.2, 0) is 6.54 Å². The molecule has 2 N–H and O–H groups in total. The van der Waals surface area contributed by atoms with E-state index in [1.807, 2.05) is 18.2 Å². The van der Waals surface area contributed by atoms with Crippen LogP contribution in [0.15, 0.2) is 47.4 Å². The summed E-state index contributed by atoms with van der Waals surface area (Å²) in [5.41, 5.74) is 1.42. The lowest BCUT2D eigenvalue weighted by Gasteiger charge is -2.16. The van der Waals surface area contributed by atoms with E-state index in [1.54, 1.807) is 26.0 Å². The van der Waals surface area contributed by atoms with Crippen molar-refractivity contribution in [2.24, 2.45) is 0 Å². The summed E-state index contributed by atoms with van der Waals surface area (Å²) >= 11 is 0. The zero-order valence-electron chi connectivity index (χ0n) is 16.3. The number of aryl methyl sites for hydroxylation is 2. The second-order valence-corrected chi connectivity index (χ2v) is 6.43. The minimum absolute atomic E-state index is 0.00697. The van der Waals surface area contributed by atoms with Gasteiger partial charge in [-0.15, -0.1) is 0 Å². The predicted molar refractivity (Wildman–Crippen MR) is 109 cm³/mol. The van der Waals surface area contributed by atoms with Crippen molar-refractivity contribution < 1.29 is 14.7 Å². The van der Waals surface area contributed by atoms with Crippen LogP contribution in [0.5, 0.6) is 0 Å². The summed E-state index contributed by atoms with van der Waals surface area (Å²) in [7, 11) is 0. The molecule has 2 heterocycles. The fourth-order valence-corrected chi connectivity index (χ4v) is 3.00. The molecule has 0 saturated carbocycles.